The van der Waals surface area contributed by atoms with Crippen LogP contribution in [0.3, 0.4) is 0 Å². The SMILES string of the molecule is CC1(C)CCS(=Nc2ccccc2F)CC1. The Morgan fingerprint density at radius 2 is 1.81 bits per heavy atom. The second-order valence-electron chi connectivity index (χ2n) is 5.08. The fourth-order valence-electron chi connectivity index (χ4n) is 1.77. The molecule has 0 N–H and O–H groups in total. The molecule has 0 aliphatic carbocycles. The zero-order valence-corrected chi connectivity index (χ0v) is 10.7. The summed E-state index contributed by atoms with van der Waals surface area (Å²) in [4.78, 5) is 0. The largest absolute Gasteiger partial charge is 0.225 e. The van der Waals surface area contributed by atoms with E-state index >= 15 is 0 Å². The second kappa shape index (κ2) is 4.66. The zero-order chi connectivity index (χ0) is 11.6. The van der Waals surface area contributed by atoms with Crippen molar-refractivity contribution in [3.8, 4) is 0 Å². The number of nitrogens with zero attached hydrogens (tertiary/aromatic N) is 1. The molecule has 0 unspecified atom stereocenters. The molecule has 1 aliphatic rings. The number of rotatable bonds is 1. The molecule has 1 aliphatic heterocycles. The van der Waals surface area contributed by atoms with E-state index < -0.39 is 0 Å². The normalized spacial score (nSPS) is 20.7. The van der Waals surface area contributed by atoms with Crippen molar-refractivity contribution in [2.24, 2.45) is 9.78 Å². The van der Waals surface area contributed by atoms with Gasteiger partial charge in [0, 0.05) is 11.5 Å². The fourth-order valence-corrected chi connectivity index (χ4v) is 4.16. The number of benzene rings is 1. The maximum Gasteiger partial charge on any atom is 0.149 e. The molecule has 1 saturated heterocycles. The third kappa shape index (κ3) is 2.91. The van der Waals surface area contributed by atoms with Gasteiger partial charge in [-0.15, -0.1) is 0 Å². The van der Waals surface area contributed by atoms with Gasteiger partial charge in [-0.2, -0.15) is 0 Å². The van der Waals surface area contributed by atoms with Crippen LogP contribution in [0.5, 0.6) is 0 Å². The first-order valence-corrected chi connectivity index (χ1v) is 7.23. The van der Waals surface area contributed by atoms with Crippen molar-refractivity contribution < 1.29 is 4.39 Å². The van der Waals surface area contributed by atoms with Gasteiger partial charge in [0.1, 0.15) is 11.5 Å². The van der Waals surface area contributed by atoms with Crippen LogP contribution >= 0.6 is 0 Å². The van der Waals surface area contributed by atoms with Crippen molar-refractivity contribution in [3.05, 3.63) is 30.1 Å². The second-order valence-corrected chi connectivity index (χ2v) is 7.00. The molecule has 0 spiro atoms. The van der Waals surface area contributed by atoms with Crippen LogP contribution < -0.4 is 0 Å². The Labute approximate surface area is 99.2 Å². The van der Waals surface area contributed by atoms with Crippen molar-refractivity contribution >= 4 is 16.4 Å². The molecule has 1 heterocycles. The molecule has 88 valence electrons. The topological polar surface area (TPSA) is 12.4 Å². The smallest absolute Gasteiger partial charge is 0.149 e. The average Bonchev–Trinajstić information content (AvgIpc) is 2.24. The molecule has 1 fully saturated rings. The van der Waals surface area contributed by atoms with E-state index in [4.69, 9.17) is 0 Å². The summed E-state index contributed by atoms with van der Waals surface area (Å²) in [5.41, 5.74) is 0.986. The molecule has 2 rings (SSSR count). The van der Waals surface area contributed by atoms with Crippen molar-refractivity contribution in [1.29, 1.82) is 0 Å². The summed E-state index contributed by atoms with van der Waals surface area (Å²) in [6, 6.07) is 6.80. The summed E-state index contributed by atoms with van der Waals surface area (Å²) >= 11 is 0. The Bertz CT molecular complexity index is 400. The molecule has 0 radical (unpaired) electrons. The maximum absolute atomic E-state index is 13.4. The van der Waals surface area contributed by atoms with Gasteiger partial charge in [0.2, 0.25) is 0 Å². The first kappa shape index (κ1) is 11.8. The Hall–Kier alpha value is -0.700. The lowest BCUT2D eigenvalue weighted by Crippen LogP contribution is -2.24. The fraction of sp³-hybridized carbons (Fsp3) is 0.538. The Balaban J connectivity index is 2.12. The van der Waals surface area contributed by atoms with E-state index in [1.165, 1.54) is 18.9 Å². The summed E-state index contributed by atoms with van der Waals surface area (Å²) in [7, 11) is 0.0325. The van der Waals surface area contributed by atoms with Gasteiger partial charge in [0.05, 0.1) is 0 Å². The lowest BCUT2D eigenvalue weighted by atomic mass is 9.87. The monoisotopic (exact) mass is 239 g/mol. The lowest BCUT2D eigenvalue weighted by Gasteiger charge is -2.30. The van der Waals surface area contributed by atoms with Gasteiger partial charge in [-0.05, 0) is 30.4 Å². The van der Waals surface area contributed by atoms with E-state index in [-0.39, 0.29) is 16.5 Å². The highest BCUT2D eigenvalue weighted by Gasteiger charge is 2.23. The highest BCUT2D eigenvalue weighted by molar-refractivity contribution is 7.87. The van der Waals surface area contributed by atoms with Crippen LogP contribution in [0, 0.1) is 11.2 Å². The minimum absolute atomic E-state index is 0.0325. The molecule has 1 aromatic rings. The van der Waals surface area contributed by atoms with Gasteiger partial charge in [0.15, 0.2) is 0 Å². The molecule has 0 amide bonds. The van der Waals surface area contributed by atoms with Crippen LogP contribution in [0.4, 0.5) is 10.1 Å². The number of halogens is 1. The van der Waals surface area contributed by atoms with Crippen LogP contribution in [-0.2, 0) is 10.7 Å². The molecule has 0 saturated carbocycles. The summed E-state index contributed by atoms with van der Waals surface area (Å²) in [6.45, 7) is 4.60. The molecule has 16 heavy (non-hydrogen) atoms. The summed E-state index contributed by atoms with van der Waals surface area (Å²) in [5, 5.41) is 0. The predicted molar refractivity (Wildman–Crippen MR) is 68.6 cm³/mol. The van der Waals surface area contributed by atoms with E-state index in [1.54, 1.807) is 12.1 Å². The van der Waals surface area contributed by atoms with E-state index in [9.17, 15) is 4.39 Å². The first-order valence-electron chi connectivity index (χ1n) is 5.71. The zero-order valence-electron chi connectivity index (χ0n) is 9.87. The van der Waals surface area contributed by atoms with Gasteiger partial charge in [-0.3, -0.25) is 0 Å². The van der Waals surface area contributed by atoms with Crippen LogP contribution in [0.1, 0.15) is 26.7 Å². The molecule has 3 heteroatoms. The van der Waals surface area contributed by atoms with Crippen molar-refractivity contribution in [1.82, 2.24) is 0 Å². The van der Waals surface area contributed by atoms with Crippen LogP contribution in [0.15, 0.2) is 28.6 Å². The molecular weight excluding hydrogens is 221 g/mol. The summed E-state index contributed by atoms with van der Waals surface area (Å²) in [6.07, 6.45) is 2.40. The van der Waals surface area contributed by atoms with Crippen LogP contribution in [-0.4, -0.2) is 11.5 Å². The first-order chi connectivity index (χ1) is 7.57. The lowest BCUT2D eigenvalue weighted by molar-refractivity contribution is 0.335. The maximum atomic E-state index is 13.4. The van der Waals surface area contributed by atoms with Crippen LogP contribution in [0.2, 0.25) is 0 Å². The quantitative estimate of drug-likeness (QED) is 0.700. The van der Waals surface area contributed by atoms with E-state index in [1.807, 2.05) is 6.07 Å². The minimum atomic E-state index is -0.195. The standard InChI is InChI=1S/C13H18FNS/c1-13(2)7-9-16(10-8-13)15-12-6-4-3-5-11(12)14/h3-6H,7-10H2,1-2H3. The molecular formula is C13H18FNS. The minimum Gasteiger partial charge on any atom is -0.225 e. The van der Waals surface area contributed by atoms with Gasteiger partial charge in [0.25, 0.3) is 0 Å². The summed E-state index contributed by atoms with van der Waals surface area (Å²) < 4.78 is 17.9. The Kier molecular flexibility index (Phi) is 3.43. The van der Waals surface area contributed by atoms with Gasteiger partial charge >= 0.3 is 0 Å². The third-order valence-corrected chi connectivity index (χ3v) is 4.91. The van der Waals surface area contributed by atoms with Crippen LogP contribution in [0.25, 0.3) is 0 Å². The summed E-state index contributed by atoms with van der Waals surface area (Å²) in [5.74, 6) is 2.03. The van der Waals surface area contributed by atoms with Gasteiger partial charge in [-0.1, -0.05) is 36.7 Å². The predicted octanol–water partition coefficient (Wildman–Crippen LogP) is 4.08. The Morgan fingerprint density at radius 3 is 2.44 bits per heavy atom. The molecule has 0 aromatic heterocycles. The molecule has 1 aromatic carbocycles. The third-order valence-electron chi connectivity index (χ3n) is 3.11. The van der Waals surface area contributed by atoms with E-state index in [0.29, 0.717) is 11.1 Å². The molecule has 0 bridgehead atoms. The van der Waals surface area contributed by atoms with Crippen molar-refractivity contribution in [2.75, 3.05) is 11.5 Å². The van der Waals surface area contributed by atoms with E-state index in [0.717, 1.165) is 11.5 Å². The van der Waals surface area contributed by atoms with E-state index in [2.05, 4.69) is 18.2 Å². The Morgan fingerprint density at radius 1 is 1.19 bits per heavy atom. The average molecular weight is 239 g/mol. The van der Waals surface area contributed by atoms with Crippen molar-refractivity contribution in [2.45, 2.75) is 26.7 Å². The van der Waals surface area contributed by atoms with Crippen molar-refractivity contribution in [3.63, 3.8) is 0 Å². The number of hydrogen-bond donors (Lipinski definition) is 0. The molecule has 0 atom stereocenters. The van der Waals surface area contributed by atoms with Gasteiger partial charge in [-0.25, -0.2) is 8.75 Å². The highest BCUT2D eigenvalue weighted by Crippen LogP contribution is 2.31. The molecule has 1 nitrogen and oxygen atoms in total. The highest BCUT2D eigenvalue weighted by atomic mass is 32.2. The number of hydrogen-bond acceptors (Lipinski definition) is 1. The van der Waals surface area contributed by atoms with Gasteiger partial charge < -0.3 is 0 Å².